The highest BCUT2D eigenvalue weighted by atomic mass is 19.1. The quantitative estimate of drug-likeness (QED) is 0.858. The van der Waals surface area contributed by atoms with Crippen LogP contribution in [0.5, 0.6) is 0 Å². The molecule has 1 aromatic carbocycles. The number of aromatic nitrogens is 1. The predicted octanol–water partition coefficient (Wildman–Crippen LogP) is 3.38. The van der Waals surface area contributed by atoms with E-state index in [1.54, 1.807) is 37.5 Å². The number of benzene rings is 1. The summed E-state index contributed by atoms with van der Waals surface area (Å²) in [6.07, 6.45) is 2.80. The third kappa shape index (κ3) is 3.54. The van der Waals surface area contributed by atoms with E-state index in [9.17, 15) is 9.18 Å². The maximum atomic E-state index is 13.3. The van der Waals surface area contributed by atoms with Crippen LogP contribution in [0.4, 0.5) is 14.9 Å². The molecule has 0 unspecified atom stereocenters. The van der Waals surface area contributed by atoms with Crippen LogP contribution in [-0.4, -0.2) is 17.7 Å². The summed E-state index contributed by atoms with van der Waals surface area (Å²) in [5.41, 5.74) is 1.29. The highest BCUT2D eigenvalue weighted by Gasteiger charge is 2.17. The minimum absolute atomic E-state index is 0.262. The van der Waals surface area contributed by atoms with Crippen molar-refractivity contribution in [3.63, 3.8) is 0 Å². The number of ether oxygens (including phenoxy) is 1. The van der Waals surface area contributed by atoms with Gasteiger partial charge >= 0.3 is 6.09 Å². The molecule has 0 radical (unpaired) electrons. The Kier molecular flexibility index (Phi) is 4.65. The van der Waals surface area contributed by atoms with Crippen molar-refractivity contribution in [1.82, 2.24) is 4.98 Å². The maximum absolute atomic E-state index is 13.3. The van der Waals surface area contributed by atoms with Gasteiger partial charge in [-0.1, -0.05) is 12.1 Å². The molecule has 0 fully saturated rings. The molecular weight excluding hydrogens is 259 g/mol. The van der Waals surface area contributed by atoms with Crippen molar-refractivity contribution in [2.24, 2.45) is 0 Å². The van der Waals surface area contributed by atoms with Gasteiger partial charge in [0.15, 0.2) is 0 Å². The standard InChI is InChI=1S/C15H15FN2O2/c1-2-20-15(19)18(11-12-5-4-8-17-10-12)14-7-3-6-13(16)9-14/h3-10H,2,11H2,1H3. The summed E-state index contributed by atoms with van der Waals surface area (Å²) < 4.78 is 18.3. The smallest absolute Gasteiger partial charge is 0.414 e. The maximum Gasteiger partial charge on any atom is 0.414 e. The normalized spacial score (nSPS) is 10.1. The Morgan fingerprint density at radius 3 is 2.85 bits per heavy atom. The first-order chi connectivity index (χ1) is 9.70. The van der Waals surface area contributed by atoms with Crippen molar-refractivity contribution in [2.75, 3.05) is 11.5 Å². The number of carbonyl (C=O) groups excluding carboxylic acids is 1. The molecule has 0 saturated heterocycles. The Morgan fingerprint density at radius 2 is 2.20 bits per heavy atom. The number of hydrogen-bond acceptors (Lipinski definition) is 3. The van der Waals surface area contributed by atoms with E-state index in [2.05, 4.69) is 4.98 Å². The Bertz CT molecular complexity index is 575. The SMILES string of the molecule is CCOC(=O)N(Cc1cccnc1)c1cccc(F)c1. The van der Waals surface area contributed by atoms with Gasteiger partial charge in [-0.15, -0.1) is 0 Å². The zero-order valence-electron chi connectivity index (χ0n) is 11.1. The van der Waals surface area contributed by atoms with Gasteiger partial charge in [-0.3, -0.25) is 9.88 Å². The minimum Gasteiger partial charge on any atom is -0.449 e. The van der Waals surface area contributed by atoms with Crippen LogP contribution in [0.15, 0.2) is 48.8 Å². The molecule has 1 aromatic heterocycles. The van der Waals surface area contributed by atoms with Gasteiger partial charge in [0.2, 0.25) is 0 Å². The fourth-order valence-electron chi connectivity index (χ4n) is 1.78. The van der Waals surface area contributed by atoms with Crippen molar-refractivity contribution in [3.05, 3.63) is 60.2 Å². The summed E-state index contributed by atoms with van der Waals surface area (Å²) >= 11 is 0. The highest BCUT2D eigenvalue weighted by Crippen LogP contribution is 2.19. The molecule has 104 valence electrons. The largest absolute Gasteiger partial charge is 0.449 e. The molecule has 2 rings (SSSR count). The lowest BCUT2D eigenvalue weighted by Gasteiger charge is -2.22. The Hall–Kier alpha value is -2.43. The van der Waals surface area contributed by atoms with E-state index in [0.29, 0.717) is 5.69 Å². The number of carbonyl (C=O) groups is 1. The van der Waals surface area contributed by atoms with E-state index >= 15 is 0 Å². The third-order valence-corrected chi connectivity index (χ3v) is 2.67. The molecule has 0 aliphatic heterocycles. The molecule has 0 bridgehead atoms. The summed E-state index contributed by atoms with van der Waals surface area (Å²) in [6.45, 7) is 2.26. The lowest BCUT2D eigenvalue weighted by Crippen LogP contribution is -2.31. The van der Waals surface area contributed by atoms with Gasteiger partial charge in [0.05, 0.1) is 18.8 Å². The fourth-order valence-corrected chi connectivity index (χ4v) is 1.78. The summed E-state index contributed by atoms with van der Waals surface area (Å²) in [5.74, 6) is -0.400. The summed E-state index contributed by atoms with van der Waals surface area (Å²) in [4.78, 5) is 17.4. The Balaban J connectivity index is 2.27. The minimum atomic E-state index is -0.512. The van der Waals surface area contributed by atoms with E-state index < -0.39 is 11.9 Å². The van der Waals surface area contributed by atoms with Crippen molar-refractivity contribution in [2.45, 2.75) is 13.5 Å². The van der Waals surface area contributed by atoms with Crippen LogP contribution in [0.3, 0.4) is 0 Å². The van der Waals surface area contributed by atoms with Gasteiger partial charge < -0.3 is 4.74 Å². The first-order valence-corrected chi connectivity index (χ1v) is 6.29. The van der Waals surface area contributed by atoms with Crippen molar-refractivity contribution in [3.8, 4) is 0 Å². The van der Waals surface area contributed by atoms with Gasteiger partial charge in [-0.2, -0.15) is 0 Å². The molecule has 1 amide bonds. The van der Waals surface area contributed by atoms with Crippen LogP contribution in [0, 0.1) is 5.82 Å². The molecule has 0 spiro atoms. The molecule has 5 heteroatoms. The van der Waals surface area contributed by atoms with Gasteiger partial charge in [-0.25, -0.2) is 9.18 Å². The van der Waals surface area contributed by atoms with Crippen LogP contribution >= 0.6 is 0 Å². The lowest BCUT2D eigenvalue weighted by atomic mass is 10.2. The average Bonchev–Trinajstić information content (AvgIpc) is 2.46. The van der Waals surface area contributed by atoms with E-state index in [-0.39, 0.29) is 13.2 Å². The van der Waals surface area contributed by atoms with Gasteiger partial charge in [0.1, 0.15) is 5.82 Å². The molecule has 4 nitrogen and oxygen atoms in total. The number of halogens is 1. The summed E-state index contributed by atoms with van der Waals surface area (Å²) in [6, 6.07) is 9.48. The van der Waals surface area contributed by atoms with Gasteiger partial charge in [-0.05, 0) is 36.8 Å². The average molecular weight is 274 g/mol. The number of hydrogen-bond donors (Lipinski definition) is 0. The molecular formula is C15H15FN2O2. The van der Waals surface area contributed by atoms with Crippen LogP contribution < -0.4 is 4.90 Å². The van der Waals surface area contributed by atoms with E-state index in [4.69, 9.17) is 4.74 Å². The molecule has 0 aliphatic carbocycles. The Labute approximate surface area is 116 Å². The number of anilines is 1. The molecule has 0 atom stereocenters. The topological polar surface area (TPSA) is 42.4 Å². The number of nitrogens with zero attached hydrogens (tertiary/aromatic N) is 2. The lowest BCUT2D eigenvalue weighted by molar-refractivity contribution is 0.159. The van der Waals surface area contributed by atoms with E-state index in [0.717, 1.165) is 5.56 Å². The molecule has 0 saturated carbocycles. The number of pyridine rings is 1. The first kappa shape index (κ1) is 14.0. The van der Waals surface area contributed by atoms with Crippen LogP contribution in [0.2, 0.25) is 0 Å². The second-order valence-corrected chi connectivity index (χ2v) is 4.13. The molecule has 20 heavy (non-hydrogen) atoms. The van der Waals surface area contributed by atoms with Crippen molar-refractivity contribution < 1.29 is 13.9 Å². The van der Waals surface area contributed by atoms with Gasteiger partial charge in [0.25, 0.3) is 0 Å². The summed E-state index contributed by atoms with van der Waals surface area (Å²) in [7, 11) is 0. The fraction of sp³-hybridized carbons (Fsp3) is 0.200. The van der Waals surface area contributed by atoms with E-state index in [1.165, 1.54) is 17.0 Å². The Morgan fingerprint density at radius 1 is 1.35 bits per heavy atom. The summed E-state index contributed by atoms with van der Waals surface area (Å²) in [5, 5.41) is 0. The number of rotatable bonds is 4. The predicted molar refractivity (Wildman–Crippen MR) is 73.8 cm³/mol. The van der Waals surface area contributed by atoms with Crippen molar-refractivity contribution >= 4 is 11.8 Å². The first-order valence-electron chi connectivity index (χ1n) is 6.29. The van der Waals surface area contributed by atoms with Crippen molar-refractivity contribution in [1.29, 1.82) is 0 Å². The number of amides is 1. The zero-order chi connectivity index (χ0) is 14.4. The molecule has 0 N–H and O–H groups in total. The zero-order valence-corrected chi connectivity index (χ0v) is 11.1. The second kappa shape index (κ2) is 6.65. The van der Waals surface area contributed by atoms with Crippen LogP contribution in [0.25, 0.3) is 0 Å². The highest BCUT2D eigenvalue weighted by molar-refractivity contribution is 5.87. The van der Waals surface area contributed by atoms with Gasteiger partial charge in [0, 0.05) is 12.4 Å². The van der Waals surface area contributed by atoms with Crippen LogP contribution in [-0.2, 0) is 11.3 Å². The molecule has 2 aromatic rings. The monoisotopic (exact) mass is 274 g/mol. The third-order valence-electron chi connectivity index (χ3n) is 2.67. The van der Waals surface area contributed by atoms with E-state index in [1.807, 2.05) is 6.07 Å². The van der Waals surface area contributed by atoms with Crippen LogP contribution in [0.1, 0.15) is 12.5 Å². The molecule has 0 aliphatic rings. The second-order valence-electron chi connectivity index (χ2n) is 4.13. The molecule has 1 heterocycles.